The molecule has 10 nitrogen and oxygen atoms in total. The summed E-state index contributed by atoms with van der Waals surface area (Å²) in [7, 11) is 0. The molecule has 25 heavy (non-hydrogen) atoms. The Balaban J connectivity index is 0. The van der Waals surface area contributed by atoms with E-state index in [2.05, 4.69) is 17.6 Å². The molecule has 2 atom stereocenters. The van der Waals surface area contributed by atoms with Crippen molar-refractivity contribution in [3.05, 3.63) is 0 Å². The van der Waals surface area contributed by atoms with E-state index in [4.69, 9.17) is 27.1 Å². The summed E-state index contributed by atoms with van der Waals surface area (Å²) in [6.45, 7) is 3.99. The highest BCUT2D eigenvalue weighted by Crippen LogP contribution is 1.98. The molecule has 146 valence electrons. The first kappa shape index (κ1) is 24.9. The Labute approximate surface area is 147 Å². The van der Waals surface area contributed by atoms with Crippen LogP contribution in [0.25, 0.3) is 0 Å². The van der Waals surface area contributed by atoms with E-state index in [0.29, 0.717) is 25.8 Å². The number of carbonyl (C=O) groups is 3. The van der Waals surface area contributed by atoms with Crippen LogP contribution in [0.2, 0.25) is 0 Å². The van der Waals surface area contributed by atoms with Gasteiger partial charge in [0.15, 0.2) is 5.96 Å². The quantitative estimate of drug-likeness (QED) is 0.150. The SMILES string of the molecule is CCCCCC(=O)NC(C)C(=O)O.N=C(N)NCCC[C@H](N)C(=O)O. The monoisotopic (exact) mass is 361 g/mol. The van der Waals surface area contributed by atoms with Gasteiger partial charge in [-0.25, -0.2) is 0 Å². The Morgan fingerprint density at radius 2 is 1.72 bits per heavy atom. The zero-order valence-electron chi connectivity index (χ0n) is 14.9. The van der Waals surface area contributed by atoms with Crippen LogP contribution in [0.4, 0.5) is 0 Å². The van der Waals surface area contributed by atoms with Crippen molar-refractivity contribution in [2.75, 3.05) is 6.54 Å². The number of guanidine groups is 1. The van der Waals surface area contributed by atoms with Gasteiger partial charge in [0.1, 0.15) is 12.1 Å². The minimum absolute atomic E-state index is 0.112. The molecule has 0 saturated heterocycles. The fraction of sp³-hybridized carbons (Fsp3) is 0.733. The summed E-state index contributed by atoms with van der Waals surface area (Å²) in [5, 5.41) is 28.6. The summed E-state index contributed by atoms with van der Waals surface area (Å²) >= 11 is 0. The summed E-state index contributed by atoms with van der Waals surface area (Å²) in [5.74, 6) is -2.29. The predicted octanol–water partition coefficient (Wildman–Crippen LogP) is -0.182. The van der Waals surface area contributed by atoms with Gasteiger partial charge in [-0.2, -0.15) is 0 Å². The highest BCUT2D eigenvalue weighted by Gasteiger charge is 2.12. The van der Waals surface area contributed by atoms with Gasteiger partial charge in [0.2, 0.25) is 5.91 Å². The molecule has 0 aliphatic heterocycles. The minimum Gasteiger partial charge on any atom is -0.480 e. The van der Waals surface area contributed by atoms with Crippen LogP contribution in [-0.4, -0.2) is 52.6 Å². The average Bonchev–Trinajstić information content (AvgIpc) is 2.51. The third kappa shape index (κ3) is 17.8. The Hall–Kier alpha value is -2.36. The van der Waals surface area contributed by atoms with Crippen molar-refractivity contribution in [2.45, 2.75) is 64.5 Å². The second-order valence-corrected chi connectivity index (χ2v) is 5.51. The molecule has 0 heterocycles. The van der Waals surface area contributed by atoms with Crippen LogP contribution >= 0.6 is 0 Å². The normalized spacial score (nSPS) is 12.1. The fourth-order valence-corrected chi connectivity index (χ4v) is 1.58. The lowest BCUT2D eigenvalue weighted by Gasteiger charge is -2.08. The van der Waals surface area contributed by atoms with Gasteiger partial charge in [-0.05, 0) is 26.2 Å². The summed E-state index contributed by atoms with van der Waals surface area (Å²) in [5.41, 5.74) is 10.2. The lowest BCUT2D eigenvalue weighted by atomic mass is 10.2. The van der Waals surface area contributed by atoms with Crippen LogP contribution < -0.4 is 22.1 Å². The summed E-state index contributed by atoms with van der Waals surface area (Å²) in [4.78, 5) is 31.6. The van der Waals surface area contributed by atoms with Crippen LogP contribution in [0.5, 0.6) is 0 Å². The maximum absolute atomic E-state index is 11.1. The second kappa shape index (κ2) is 15.2. The number of rotatable bonds is 11. The zero-order chi connectivity index (χ0) is 19.8. The number of hydrogen-bond donors (Lipinski definition) is 7. The van der Waals surface area contributed by atoms with E-state index < -0.39 is 24.0 Å². The topological polar surface area (TPSA) is 192 Å². The maximum Gasteiger partial charge on any atom is 0.325 e. The molecule has 0 spiro atoms. The van der Waals surface area contributed by atoms with Crippen molar-refractivity contribution in [1.29, 1.82) is 5.41 Å². The molecule has 0 aromatic carbocycles. The van der Waals surface area contributed by atoms with Crippen LogP contribution in [-0.2, 0) is 14.4 Å². The van der Waals surface area contributed by atoms with Crippen LogP contribution in [0.15, 0.2) is 0 Å². The number of nitrogens with one attached hydrogen (secondary N) is 3. The molecule has 10 heteroatoms. The number of nitrogens with two attached hydrogens (primary N) is 2. The molecule has 0 radical (unpaired) electrons. The molecular formula is C15H31N5O5. The average molecular weight is 361 g/mol. The third-order valence-corrected chi connectivity index (χ3v) is 3.08. The highest BCUT2D eigenvalue weighted by molar-refractivity contribution is 5.83. The summed E-state index contributed by atoms with van der Waals surface area (Å²) in [6, 6.07) is -1.60. The first-order chi connectivity index (χ1) is 11.6. The van der Waals surface area contributed by atoms with E-state index >= 15 is 0 Å². The number of carboxylic acid groups (broad SMARTS) is 2. The Bertz CT molecular complexity index is 431. The maximum atomic E-state index is 11.1. The lowest BCUT2D eigenvalue weighted by Crippen LogP contribution is -2.38. The number of carbonyl (C=O) groups excluding carboxylic acids is 1. The van der Waals surface area contributed by atoms with E-state index in [1.807, 2.05) is 0 Å². The molecule has 0 saturated carbocycles. The molecule has 0 aliphatic carbocycles. The van der Waals surface area contributed by atoms with E-state index in [0.717, 1.165) is 19.3 Å². The minimum atomic E-state index is -1.00. The molecular weight excluding hydrogens is 330 g/mol. The van der Waals surface area contributed by atoms with Crippen molar-refractivity contribution in [3.8, 4) is 0 Å². The second-order valence-electron chi connectivity index (χ2n) is 5.51. The molecule has 1 amide bonds. The molecule has 0 aromatic heterocycles. The van der Waals surface area contributed by atoms with Gasteiger partial charge in [0.25, 0.3) is 0 Å². The van der Waals surface area contributed by atoms with Crippen LogP contribution in [0.3, 0.4) is 0 Å². The van der Waals surface area contributed by atoms with Crippen molar-refractivity contribution in [1.82, 2.24) is 10.6 Å². The van der Waals surface area contributed by atoms with Crippen molar-refractivity contribution < 1.29 is 24.6 Å². The number of aliphatic carboxylic acids is 2. The van der Waals surface area contributed by atoms with E-state index in [-0.39, 0.29) is 11.9 Å². The van der Waals surface area contributed by atoms with Gasteiger partial charge in [-0.1, -0.05) is 19.8 Å². The van der Waals surface area contributed by atoms with Gasteiger partial charge in [-0.3, -0.25) is 19.8 Å². The molecule has 9 N–H and O–H groups in total. The number of unbranched alkanes of at least 4 members (excludes halogenated alkanes) is 2. The Kier molecular flexibility index (Phi) is 15.1. The predicted molar refractivity (Wildman–Crippen MR) is 94.1 cm³/mol. The van der Waals surface area contributed by atoms with E-state index in [1.54, 1.807) is 0 Å². The summed E-state index contributed by atoms with van der Waals surface area (Å²) < 4.78 is 0. The number of carboxylic acids is 2. The molecule has 0 aliphatic rings. The van der Waals surface area contributed by atoms with Gasteiger partial charge < -0.3 is 32.3 Å². The molecule has 0 rings (SSSR count). The van der Waals surface area contributed by atoms with Crippen molar-refractivity contribution in [3.63, 3.8) is 0 Å². The third-order valence-electron chi connectivity index (χ3n) is 3.08. The number of hydrogen-bond acceptors (Lipinski definition) is 5. The van der Waals surface area contributed by atoms with Crippen LogP contribution in [0.1, 0.15) is 52.4 Å². The molecule has 0 bridgehead atoms. The van der Waals surface area contributed by atoms with Crippen molar-refractivity contribution in [2.24, 2.45) is 11.5 Å². The summed E-state index contributed by atoms with van der Waals surface area (Å²) in [6.07, 6.45) is 4.29. The number of amides is 1. The first-order valence-electron chi connectivity index (χ1n) is 8.20. The van der Waals surface area contributed by atoms with Gasteiger partial charge in [0.05, 0.1) is 0 Å². The Morgan fingerprint density at radius 1 is 1.12 bits per heavy atom. The fourth-order valence-electron chi connectivity index (χ4n) is 1.58. The lowest BCUT2D eigenvalue weighted by molar-refractivity contribution is -0.141. The van der Waals surface area contributed by atoms with Gasteiger partial charge in [0, 0.05) is 13.0 Å². The zero-order valence-corrected chi connectivity index (χ0v) is 14.9. The molecule has 1 unspecified atom stereocenters. The first-order valence-corrected chi connectivity index (χ1v) is 8.20. The van der Waals surface area contributed by atoms with Gasteiger partial charge >= 0.3 is 11.9 Å². The molecule has 0 aromatic rings. The smallest absolute Gasteiger partial charge is 0.325 e. The van der Waals surface area contributed by atoms with Crippen LogP contribution in [0, 0.1) is 5.41 Å². The highest BCUT2D eigenvalue weighted by atomic mass is 16.4. The Morgan fingerprint density at radius 3 is 2.16 bits per heavy atom. The largest absolute Gasteiger partial charge is 0.480 e. The standard InChI is InChI=1S/C9H17NO3.C6H14N4O2/c1-3-4-5-6-8(11)10-7(2)9(12)13;7-4(5(11)12)2-1-3-10-6(8)9/h7H,3-6H2,1-2H3,(H,10,11)(H,12,13);4H,1-3,7H2,(H,11,12)(H4,8,9,10)/t;4-/m.0/s1. The van der Waals surface area contributed by atoms with Crippen molar-refractivity contribution >= 4 is 23.8 Å². The van der Waals surface area contributed by atoms with E-state index in [9.17, 15) is 14.4 Å². The van der Waals surface area contributed by atoms with Gasteiger partial charge in [-0.15, -0.1) is 0 Å². The molecule has 0 fully saturated rings. The van der Waals surface area contributed by atoms with E-state index in [1.165, 1.54) is 6.92 Å².